The molecule has 9 heteroatoms. The zero-order valence-electron chi connectivity index (χ0n) is 14.1. The maximum absolute atomic E-state index is 12.6. The third kappa shape index (κ3) is 4.86. The van der Waals surface area contributed by atoms with Crippen LogP contribution >= 0.6 is 0 Å². The lowest BCUT2D eigenvalue weighted by Gasteiger charge is -2.23. The molecule has 0 saturated carbocycles. The lowest BCUT2D eigenvalue weighted by atomic mass is 10.1. The van der Waals surface area contributed by atoms with Crippen molar-refractivity contribution in [2.75, 3.05) is 38.0 Å². The summed E-state index contributed by atoms with van der Waals surface area (Å²) < 4.78 is 42.8. The number of nitrogens with zero attached hydrogens (tertiary/aromatic N) is 3. The normalized spacial score (nSPS) is 20.1. The minimum Gasteiger partial charge on any atom is -0.359 e. The molecule has 1 aliphatic rings. The molecule has 1 aliphatic heterocycles. The third-order valence-electron chi connectivity index (χ3n) is 3.98. The highest BCUT2D eigenvalue weighted by atomic mass is 19.4. The molecule has 1 N–H and O–H groups in total. The fourth-order valence-corrected chi connectivity index (χ4v) is 2.91. The molecule has 2 heterocycles. The molecule has 1 saturated heterocycles. The summed E-state index contributed by atoms with van der Waals surface area (Å²) in [5.74, 6) is 0.469. The molecule has 1 aromatic heterocycles. The van der Waals surface area contributed by atoms with Crippen molar-refractivity contribution in [1.29, 1.82) is 0 Å². The van der Waals surface area contributed by atoms with Gasteiger partial charge in [-0.15, -0.1) is 0 Å². The Kier molecular flexibility index (Phi) is 5.74. The Bertz CT molecular complexity index is 574. The maximum atomic E-state index is 12.6. The second kappa shape index (κ2) is 7.42. The van der Waals surface area contributed by atoms with E-state index in [9.17, 15) is 18.0 Å². The van der Waals surface area contributed by atoms with E-state index in [-0.39, 0.29) is 25.0 Å². The van der Waals surface area contributed by atoms with Gasteiger partial charge in [0.15, 0.2) is 5.76 Å². The average molecular weight is 348 g/mol. The number of urea groups is 1. The summed E-state index contributed by atoms with van der Waals surface area (Å²) in [6.45, 7) is 5.67. The first kappa shape index (κ1) is 18.6. The van der Waals surface area contributed by atoms with Crippen molar-refractivity contribution in [3.63, 3.8) is 0 Å². The summed E-state index contributed by atoms with van der Waals surface area (Å²) in [4.78, 5) is 15.4. The summed E-state index contributed by atoms with van der Waals surface area (Å²) in [6.07, 6.45) is -3.62. The van der Waals surface area contributed by atoms with Crippen LogP contribution < -0.4 is 5.32 Å². The Hall–Kier alpha value is -1.77. The molecule has 1 atom stereocenters. The quantitative estimate of drug-likeness (QED) is 0.912. The van der Waals surface area contributed by atoms with E-state index in [4.69, 9.17) is 4.52 Å². The van der Waals surface area contributed by atoms with E-state index >= 15 is 0 Å². The number of alkyl halides is 3. The summed E-state index contributed by atoms with van der Waals surface area (Å²) in [7, 11) is 0. The number of carbonyl (C=O) groups is 1. The average Bonchev–Trinajstić information content (AvgIpc) is 2.70. The first-order valence-electron chi connectivity index (χ1n) is 7.99. The van der Waals surface area contributed by atoms with Crippen LogP contribution in [0.15, 0.2) is 4.52 Å². The van der Waals surface area contributed by atoms with E-state index in [0.717, 1.165) is 0 Å². The minimum atomic E-state index is -4.23. The molecule has 0 radical (unpaired) electrons. The topological polar surface area (TPSA) is 61.6 Å². The number of hydrogen-bond acceptors (Lipinski definition) is 4. The Morgan fingerprint density at radius 1 is 1.38 bits per heavy atom. The Morgan fingerprint density at radius 3 is 2.71 bits per heavy atom. The molecule has 2 rings (SSSR count). The van der Waals surface area contributed by atoms with Gasteiger partial charge in [0.1, 0.15) is 11.4 Å². The first-order valence-corrected chi connectivity index (χ1v) is 7.99. The van der Waals surface area contributed by atoms with Crippen LogP contribution in [0.25, 0.3) is 0 Å². The molecule has 6 nitrogen and oxygen atoms in total. The number of halogens is 3. The maximum Gasteiger partial charge on any atom is 0.401 e. The number of aryl methyl sites for hydroxylation is 2. The summed E-state index contributed by atoms with van der Waals surface area (Å²) in [6, 6.07) is -0.336. The van der Waals surface area contributed by atoms with Crippen LogP contribution in [-0.2, 0) is 6.42 Å². The molecular weight excluding hydrogens is 325 g/mol. The SMILES string of the molecule is CCc1noc(C)c1NC(=O)N1CCN(CC(F)(F)F)CC(C)C1. The molecule has 1 aromatic rings. The molecule has 24 heavy (non-hydrogen) atoms. The van der Waals surface area contributed by atoms with Gasteiger partial charge in [0.05, 0.1) is 6.54 Å². The van der Waals surface area contributed by atoms with Crippen LogP contribution in [0.1, 0.15) is 25.3 Å². The highest BCUT2D eigenvalue weighted by molar-refractivity contribution is 5.90. The number of rotatable bonds is 3. The van der Waals surface area contributed by atoms with Gasteiger partial charge in [-0.2, -0.15) is 13.2 Å². The number of amides is 2. The second-order valence-electron chi connectivity index (χ2n) is 6.25. The molecule has 0 bridgehead atoms. The van der Waals surface area contributed by atoms with Crippen molar-refractivity contribution >= 4 is 11.7 Å². The van der Waals surface area contributed by atoms with Gasteiger partial charge in [0, 0.05) is 26.2 Å². The highest BCUT2D eigenvalue weighted by Crippen LogP contribution is 2.22. The molecule has 1 unspecified atom stereocenters. The van der Waals surface area contributed by atoms with Crippen molar-refractivity contribution in [2.24, 2.45) is 5.92 Å². The lowest BCUT2D eigenvalue weighted by molar-refractivity contribution is -0.146. The predicted molar refractivity (Wildman–Crippen MR) is 82.9 cm³/mol. The van der Waals surface area contributed by atoms with Crippen LogP contribution in [-0.4, -0.2) is 59.9 Å². The van der Waals surface area contributed by atoms with E-state index in [1.807, 2.05) is 13.8 Å². The molecule has 0 spiro atoms. The van der Waals surface area contributed by atoms with E-state index in [0.29, 0.717) is 36.7 Å². The van der Waals surface area contributed by atoms with Crippen LogP contribution in [0.5, 0.6) is 0 Å². The van der Waals surface area contributed by atoms with Gasteiger partial charge < -0.3 is 14.7 Å². The van der Waals surface area contributed by atoms with Crippen molar-refractivity contribution in [2.45, 2.75) is 33.4 Å². The zero-order valence-corrected chi connectivity index (χ0v) is 14.1. The van der Waals surface area contributed by atoms with Crippen LogP contribution in [0.3, 0.4) is 0 Å². The van der Waals surface area contributed by atoms with Crippen LogP contribution in [0, 0.1) is 12.8 Å². The molecule has 2 amide bonds. The number of hydrogen-bond donors (Lipinski definition) is 1. The summed E-state index contributed by atoms with van der Waals surface area (Å²) in [5.41, 5.74) is 1.20. The standard InChI is InChI=1S/C15H23F3N4O2/c1-4-12-13(11(3)24-20-12)19-14(23)22-6-5-21(7-10(2)8-22)9-15(16,17)18/h10H,4-9H2,1-3H3,(H,19,23). The van der Waals surface area contributed by atoms with Gasteiger partial charge >= 0.3 is 12.2 Å². The van der Waals surface area contributed by atoms with Crippen molar-refractivity contribution < 1.29 is 22.5 Å². The Balaban J connectivity index is 2.01. The van der Waals surface area contributed by atoms with Crippen LogP contribution in [0.4, 0.5) is 23.7 Å². The molecular formula is C15H23F3N4O2. The fraction of sp³-hybridized carbons (Fsp3) is 0.733. The van der Waals surface area contributed by atoms with Gasteiger partial charge in [0.2, 0.25) is 0 Å². The zero-order chi connectivity index (χ0) is 17.9. The van der Waals surface area contributed by atoms with Gasteiger partial charge in [-0.1, -0.05) is 19.0 Å². The van der Waals surface area contributed by atoms with Gasteiger partial charge in [-0.25, -0.2) is 4.79 Å². The van der Waals surface area contributed by atoms with Crippen LogP contribution in [0.2, 0.25) is 0 Å². The predicted octanol–water partition coefficient (Wildman–Crippen LogP) is 2.89. The van der Waals surface area contributed by atoms with E-state index < -0.39 is 12.7 Å². The molecule has 0 aromatic carbocycles. The van der Waals surface area contributed by atoms with E-state index in [1.54, 1.807) is 11.8 Å². The van der Waals surface area contributed by atoms with Crippen molar-refractivity contribution in [3.8, 4) is 0 Å². The first-order chi connectivity index (χ1) is 11.2. The van der Waals surface area contributed by atoms with Gasteiger partial charge in [0.25, 0.3) is 0 Å². The fourth-order valence-electron chi connectivity index (χ4n) is 2.91. The van der Waals surface area contributed by atoms with Crippen molar-refractivity contribution in [1.82, 2.24) is 15.0 Å². The number of nitrogens with one attached hydrogen (secondary N) is 1. The monoisotopic (exact) mass is 348 g/mol. The molecule has 136 valence electrons. The summed E-state index contributed by atoms with van der Waals surface area (Å²) >= 11 is 0. The van der Waals surface area contributed by atoms with Gasteiger partial charge in [-0.3, -0.25) is 4.90 Å². The number of anilines is 1. The largest absolute Gasteiger partial charge is 0.401 e. The second-order valence-corrected chi connectivity index (χ2v) is 6.25. The number of aromatic nitrogens is 1. The molecule has 0 aliphatic carbocycles. The molecule has 1 fully saturated rings. The number of carbonyl (C=O) groups excluding carboxylic acids is 1. The Labute approximate surface area is 138 Å². The Morgan fingerprint density at radius 2 is 2.08 bits per heavy atom. The smallest absolute Gasteiger partial charge is 0.359 e. The minimum absolute atomic E-state index is 0.0465. The summed E-state index contributed by atoms with van der Waals surface area (Å²) in [5, 5.41) is 6.66. The third-order valence-corrected chi connectivity index (χ3v) is 3.98. The highest BCUT2D eigenvalue weighted by Gasteiger charge is 2.33. The van der Waals surface area contributed by atoms with Gasteiger partial charge in [-0.05, 0) is 19.3 Å². The van der Waals surface area contributed by atoms with E-state index in [1.165, 1.54) is 4.90 Å². The lowest BCUT2D eigenvalue weighted by Crippen LogP contribution is -2.40. The van der Waals surface area contributed by atoms with E-state index in [2.05, 4.69) is 10.5 Å². The van der Waals surface area contributed by atoms with Crippen molar-refractivity contribution in [3.05, 3.63) is 11.5 Å².